The highest BCUT2D eigenvalue weighted by molar-refractivity contribution is 5.89. The van der Waals surface area contributed by atoms with Crippen molar-refractivity contribution in [3.63, 3.8) is 0 Å². The van der Waals surface area contributed by atoms with Crippen LogP contribution in [0.5, 0.6) is 0 Å². The second kappa shape index (κ2) is 7.18. The van der Waals surface area contributed by atoms with Crippen molar-refractivity contribution in [2.24, 2.45) is 0 Å². The molecule has 0 saturated heterocycles. The minimum Gasteiger partial charge on any atom is -0.356 e. The van der Waals surface area contributed by atoms with Crippen molar-refractivity contribution in [3.05, 3.63) is 60.2 Å². The van der Waals surface area contributed by atoms with E-state index >= 15 is 0 Å². The number of aromatic nitrogens is 3. The highest BCUT2D eigenvalue weighted by Gasteiger charge is 2.11. The van der Waals surface area contributed by atoms with Crippen LogP contribution in [-0.4, -0.2) is 28.0 Å². The van der Waals surface area contributed by atoms with Gasteiger partial charge < -0.3 is 4.90 Å². The van der Waals surface area contributed by atoms with Gasteiger partial charge in [0, 0.05) is 30.9 Å². The number of nitrogens with zero attached hydrogens (tertiary/aromatic N) is 4. The molecule has 0 aliphatic carbocycles. The molecule has 3 aromatic rings. The summed E-state index contributed by atoms with van der Waals surface area (Å²) >= 11 is 0. The van der Waals surface area contributed by atoms with E-state index in [9.17, 15) is 0 Å². The van der Waals surface area contributed by atoms with E-state index in [1.54, 1.807) is 6.33 Å². The molecule has 23 heavy (non-hydrogen) atoms. The predicted octanol–water partition coefficient (Wildman–Crippen LogP) is 3.66. The third-order valence-corrected chi connectivity index (χ3v) is 4.19. The second-order valence-corrected chi connectivity index (χ2v) is 5.59. The van der Waals surface area contributed by atoms with Crippen molar-refractivity contribution >= 4 is 16.7 Å². The zero-order valence-electron chi connectivity index (χ0n) is 13.7. The summed E-state index contributed by atoms with van der Waals surface area (Å²) in [5.74, 6) is 1.03. The van der Waals surface area contributed by atoms with Crippen LogP contribution in [-0.2, 0) is 12.8 Å². The van der Waals surface area contributed by atoms with Gasteiger partial charge in [-0.1, -0.05) is 13.0 Å². The van der Waals surface area contributed by atoms with Gasteiger partial charge in [0.15, 0.2) is 0 Å². The van der Waals surface area contributed by atoms with Gasteiger partial charge in [0.1, 0.15) is 12.1 Å². The number of likely N-dealkylation sites (N-methyl/N-ethyl adjacent to an activating group) is 1. The van der Waals surface area contributed by atoms with E-state index in [2.05, 4.69) is 64.0 Å². The third kappa shape index (κ3) is 3.47. The Kier molecular flexibility index (Phi) is 4.81. The first-order valence-corrected chi connectivity index (χ1v) is 8.19. The number of hydrogen-bond acceptors (Lipinski definition) is 4. The summed E-state index contributed by atoms with van der Waals surface area (Å²) in [4.78, 5) is 15.4. The van der Waals surface area contributed by atoms with Gasteiger partial charge in [-0.2, -0.15) is 0 Å². The van der Waals surface area contributed by atoms with Crippen molar-refractivity contribution in [2.45, 2.75) is 26.7 Å². The van der Waals surface area contributed by atoms with Gasteiger partial charge in [0.2, 0.25) is 0 Å². The fourth-order valence-corrected chi connectivity index (χ4v) is 2.79. The van der Waals surface area contributed by atoms with E-state index in [1.807, 2.05) is 12.4 Å². The number of rotatable bonds is 6. The summed E-state index contributed by atoms with van der Waals surface area (Å²) in [6.45, 7) is 6.20. The number of pyridine rings is 1. The Morgan fingerprint density at radius 1 is 0.957 bits per heavy atom. The van der Waals surface area contributed by atoms with E-state index in [1.165, 1.54) is 11.1 Å². The van der Waals surface area contributed by atoms with Crippen molar-refractivity contribution in [3.8, 4) is 0 Å². The van der Waals surface area contributed by atoms with Crippen molar-refractivity contribution in [1.29, 1.82) is 0 Å². The molecule has 2 aromatic heterocycles. The van der Waals surface area contributed by atoms with Gasteiger partial charge in [-0.3, -0.25) is 4.98 Å². The molecule has 1 aromatic carbocycles. The van der Waals surface area contributed by atoms with Gasteiger partial charge in [0.25, 0.3) is 0 Å². The molecule has 3 rings (SSSR count). The molecule has 4 heteroatoms. The lowest BCUT2D eigenvalue weighted by atomic mass is 10.1. The lowest BCUT2D eigenvalue weighted by Crippen LogP contribution is -2.26. The summed E-state index contributed by atoms with van der Waals surface area (Å²) in [5, 5.41) is 1.14. The topological polar surface area (TPSA) is 41.9 Å². The summed E-state index contributed by atoms with van der Waals surface area (Å²) in [5.41, 5.74) is 3.62. The first-order valence-electron chi connectivity index (χ1n) is 8.19. The zero-order valence-corrected chi connectivity index (χ0v) is 13.7. The molecular weight excluding hydrogens is 284 g/mol. The summed E-state index contributed by atoms with van der Waals surface area (Å²) in [6, 6.07) is 10.6. The highest BCUT2D eigenvalue weighted by atomic mass is 15.2. The molecule has 0 bridgehead atoms. The Morgan fingerprint density at radius 2 is 1.78 bits per heavy atom. The molecule has 0 N–H and O–H groups in total. The van der Waals surface area contributed by atoms with Crippen LogP contribution in [0.4, 0.5) is 5.82 Å². The SMILES string of the molecule is CCc1ccc2ncnc(N(CC)CCc3ccncc3)c2c1. The van der Waals surface area contributed by atoms with Crippen LogP contribution < -0.4 is 4.90 Å². The fourth-order valence-electron chi connectivity index (χ4n) is 2.79. The van der Waals surface area contributed by atoms with Crippen LogP contribution in [0, 0.1) is 0 Å². The van der Waals surface area contributed by atoms with Crippen molar-refractivity contribution in [1.82, 2.24) is 15.0 Å². The third-order valence-electron chi connectivity index (χ3n) is 4.19. The minimum atomic E-state index is 0.924. The summed E-state index contributed by atoms with van der Waals surface area (Å²) in [7, 11) is 0. The summed E-state index contributed by atoms with van der Waals surface area (Å²) in [6.07, 6.45) is 7.36. The minimum absolute atomic E-state index is 0.924. The molecule has 0 aliphatic heterocycles. The first-order chi connectivity index (χ1) is 11.3. The van der Waals surface area contributed by atoms with E-state index in [-0.39, 0.29) is 0 Å². The lowest BCUT2D eigenvalue weighted by molar-refractivity contribution is 0.795. The number of fused-ring (bicyclic) bond motifs is 1. The van der Waals surface area contributed by atoms with Gasteiger partial charge in [0.05, 0.1) is 5.52 Å². The van der Waals surface area contributed by atoms with E-state index in [0.29, 0.717) is 0 Å². The number of anilines is 1. The molecule has 0 saturated carbocycles. The molecule has 0 amide bonds. The normalized spacial score (nSPS) is 10.9. The predicted molar refractivity (Wildman–Crippen MR) is 94.7 cm³/mol. The monoisotopic (exact) mass is 306 g/mol. The maximum Gasteiger partial charge on any atom is 0.139 e. The molecule has 0 atom stereocenters. The number of aryl methyl sites for hydroxylation is 1. The van der Waals surface area contributed by atoms with E-state index in [4.69, 9.17) is 0 Å². The van der Waals surface area contributed by atoms with Crippen LogP contribution >= 0.6 is 0 Å². The van der Waals surface area contributed by atoms with E-state index < -0.39 is 0 Å². The maximum absolute atomic E-state index is 4.57. The first kappa shape index (κ1) is 15.4. The zero-order chi connectivity index (χ0) is 16.1. The lowest BCUT2D eigenvalue weighted by Gasteiger charge is -2.23. The van der Waals surface area contributed by atoms with Gasteiger partial charge in [-0.15, -0.1) is 0 Å². The average molecular weight is 306 g/mol. The summed E-state index contributed by atoms with van der Waals surface area (Å²) < 4.78 is 0. The Morgan fingerprint density at radius 3 is 2.52 bits per heavy atom. The Labute approximate surface area is 137 Å². The molecule has 0 radical (unpaired) electrons. The van der Waals surface area contributed by atoms with Crippen LogP contribution in [0.25, 0.3) is 10.9 Å². The number of hydrogen-bond donors (Lipinski definition) is 0. The Hall–Kier alpha value is -2.49. The molecular formula is C19H22N4. The van der Waals surface area contributed by atoms with Crippen LogP contribution in [0.3, 0.4) is 0 Å². The van der Waals surface area contributed by atoms with Crippen molar-refractivity contribution in [2.75, 3.05) is 18.0 Å². The fraction of sp³-hybridized carbons (Fsp3) is 0.316. The molecule has 0 unspecified atom stereocenters. The quantitative estimate of drug-likeness (QED) is 0.697. The average Bonchev–Trinajstić information content (AvgIpc) is 2.62. The second-order valence-electron chi connectivity index (χ2n) is 5.59. The Balaban J connectivity index is 1.89. The van der Waals surface area contributed by atoms with Gasteiger partial charge in [-0.05, 0) is 55.2 Å². The molecule has 0 aliphatic rings. The highest BCUT2D eigenvalue weighted by Crippen LogP contribution is 2.24. The molecule has 2 heterocycles. The smallest absolute Gasteiger partial charge is 0.139 e. The Bertz CT molecular complexity index is 771. The molecule has 0 spiro atoms. The van der Waals surface area contributed by atoms with Crippen molar-refractivity contribution < 1.29 is 0 Å². The van der Waals surface area contributed by atoms with E-state index in [0.717, 1.165) is 42.7 Å². The van der Waals surface area contributed by atoms with Crippen LogP contribution in [0.15, 0.2) is 49.1 Å². The number of benzene rings is 1. The van der Waals surface area contributed by atoms with Crippen LogP contribution in [0.2, 0.25) is 0 Å². The largest absolute Gasteiger partial charge is 0.356 e. The molecule has 118 valence electrons. The molecule has 4 nitrogen and oxygen atoms in total. The van der Waals surface area contributed by atoms with Crippen LogP contribution in [0.1, 0.15) is 25.0 Å². The standard InChI is InChI=1S/C19H22N4/c1-3-15-5-6-18-17(13-15)19(22-14-21-18)23(4-2)12-9-16-7-10-20-11-8-16/h5-8,10-11,13-14H,3-4,9,12H2,1-2H3. The van der Waals surface area contributed by atoms with Gasteiger partial charge in [-0.25, -0.2) is 9.97 Å². The molecule has 0 fully saturated rings. The maximum atomic E-state index is 4.57. The van der Waals surface area contributed by atoms with Gasteiger partial charge >= 0.3 is 0 Å².